The van der Waals surface area contributed by atoms with Gasteiger partial charge in [-0.1, -0.05) is 6.07 Å². The van der Waals surface area contributed by atoms with Gasteiger partial charge in [0.05, 0.1) is 4.92 Å². The summed E-state index contributed by atoms with van der Waals surface area (Å²) in [5.41, 5.74) is 1.96. The van der Waals surface area contributed by atoms with Gasteiger partial charge in [0.1, 0.15) is 17.8 Å². The molecule has 0 unspecified atom stereocenters. The van der Waals surface area contributed by atoms with Crippen molar-refractivity contribution in [2.75, 3.05) is 11.9 Å². The molecular weight excluding hydrogens is 286 g/mol. The van der Waals surface area contributed by atoms with Crippen LogP contribution in [0.3, 0.4) is 0 Å². The van der Waals surface area contributed by atoms with Crippen LogP contribution in [0, 0.1) is 24.0 Å². The first kappa shape index (κ1) is 15.4. The summed E-state index contributed by atoms with van der Waals surface area (Å²) in [6.45, 7) is 3.73. The number of anilines is 1. The second-order valence-corrected chi connectivity index (χ2v) is 4.82. The molecule has 7 nitrogen and oxygen atoms in total. The molecule has 0 atom stereocenters. The smallest absolute Gasteiger partial charge is 0.287 e. The first-order valence-corrected chi connectivity index (χ1v) is 6.55. The standard InChI is InChI=1S/C15H15N3O4/c1-10-5-11(2)7-13(6-10)22-9-15(19)17-14-4-3-12(8-16-14)18(20)21/h3-8H,9H2,1-2H3,(H,16,17,19). The van der Waals surface area contributed by atoms with E-state index in [1.807, 2.05) is 32.0 Å². The molecule has 0 aliphatic carbocycles. The van der Waals surface area contributed by atoms with E-state index in [0.717, 1.165) is 17.3 Å². The fourth-order valence-electron chi connectivity index (χ4n) is 1.91. The van der Waals surface area contributed by atoms with Crippen molar-refractivity contribution in [3.8, 4) is 5.75 Å². The van der Waals surface area contributed by atoms with E-state index in [4.69, 9.17) is 4.74 Å². The number of aryl methyl sites for hydroxylation is 2. The largest absolute Gasteiger partial charge is 0.484 e. The minimum Gasteiger partial charge on any atom is -0.484 e. The first-order valence-electron chi connectivity index (χ1n) is 6.55. The van der Waals surface area contributed by atoms with Gasteiger partial charge in [-0.05, 0) is 43.2 Å². The lowest BCUT2D eigenvalue weighted by molar-refractivity contribution is -0.385. The van der Waals surface area contributed by atoms with Gasteiger partial charge in [0.15, 0.2) is 6.61 Å². The number of hydrogen-bond donors (Lipinski definition) is 1. The molecule has 2 aromatic rings. The van der Waals surface area contributed by atoms with Crippen molar-refractivity contribution in [3.63, 3.8) is 0 Å². The highest BCUT2D eigenvalue weighted by Crippen LogP contribution is 2.16. The second-order valence-electron chi connectivity index (χ2n) is 4.82. The summed E-state index contributed by atoms with van der Waals surface area (Å²) in [6, 6.07) is 8.32. The molecule has 7 heteroatoms. The van der Waals surface area contributed by atoms with E-state index >= 15 is 0 Å². The van der Waals surface area contributed by atoms with E-state index in [9.17, 15) is 14.9 Å². The lowest BCUT2D eigenvalue weighted by Crippen LogP contribution is -2.20. The Balaban J connectivity index is 1.91. The second kappa shape index (κ2) is 6.66. The Morgan fingerprint density at radius 3 is 2.50 bits per heavy atom. The highest BCUT2D eigenvalue weighted by Gasteiger charge is 2.08. The minimum absolute atomic E-state index is 0.135. The first-order chi connectivity index (χ1) is 10.4. The maximum atomic E-state index is 11.8. The van der Waals surface area contributed by atoms with E-state index in [-0.39, 0.29) is 24.0 Å². The number of carbonyl (C=O) groups excluding carboxylic acids is 1. The number of aromatic nitrogens is 1. The molecule has 22 heavy (non-hydrogen) atoms. The highest BCUT2D eigenvalue weighted by molar-refractivity contribution is 5.90. The third-order valence-corrected chi connectivity index (χ3v) is 2.79. The van der Waals surface area contributed by atoms with Gasteiger partial charge in [0, 0.05) is 6.07 Å². The number of ether oxygens (including phenoxy) is 1. The van der Waals surface area contributed by atoms with Gasteiger partial charge in [-0.2, -0.15) is 0 Å². The van der Waals surface area contributed by atoms with Gasteiger partial charge in [0.2, 0.25) is 0 Å². The summed E-state index contributed by atoms with van der Waals surface area (Å²) in [6.07, 6.45) is 1.08. The zero-order chi connectivity index (χ0) is 16.1. The number of benzene rings is 1. The molecule has 114 valence electrons. The van der Waals surface area contributed by atoms with Gasteiger partial charge in [-0.25, -0.2) is 4.98 Å². The molecule has 0 bridgehead atoms. The molecule has 0 saturated heterocycles. The van der Waals surface area contributed by atoms with Crippen LogP contribution in [0.4, 0.5) is 11.5 Å². The third kappa shape index (κ3) is 4.27. The molecular formula is C15H15N3O4. The number of amides is 1. The van der Waals surface area contributed by atoms with Crippen LogP contribution in [0.25, 0.3) is 0 Å². The van der Waals surface area contributed by atoms with Gasteiger partial charge in [-0.3, -0.25) is 14.9 Å². The number of carbonyl (C=O) groups is 1. The third-order valence-electron chi connectivity index (χ3n) is 2.79. The molecule has 1 heterocycles. The lowest BCUT2D eigenvalue weighted by atomic mass is 10.1. The molecule has 1 N–H and O–H groups in total. The van der Waals surface area contributed by atoms with Gasteiger partial charge < -0.3 is 10.1 Å². The molecule has 0 fully saturated rings. The quantitative estimate of drug-likeness (QED) is 0.676. The van der Waals surface area contributed by atoms with Gasteiger partial charge in [0.25, 0.3) is 11.6 Å². The van der Waals surface area contributed by atoms with Crippen LogP contribution >= 0.6 is 0 Å². The van der Waals surface area contributed by atoms with Crippen molar-refractivity contribution in [1.82, 2.24) is 4.98 Å². The zero-order valence-electron chi connectivity index (χ0n) is 12.2. The van der Waals surface area contributed by atoms with E-state index in [2.05, 4.69) is 10.3 Å². The topological polar surface area (TPSA) is 94.4 Å². The Hall–Kier alpha value is -2.96. The Morgan fingerprint density at radius 2 is 1.95 bits per heavy atom. The Kier molecular flexibility index (Phi) is 4.67. The van der Waals surface area contributed by atoms with Crippen LogP contribution in [0.2, 0.25) is 0 Å². The zero-order valence-corrected chi connectivity index (χ0v) is 12.2. The van der Waals surface area contributed by atoms with Gasteiger partial charge >= 0.3 is 0 Å². The van der Waals surface area contributed by atoms with E-state index < -0.39 is 4.92 Å². The highest BCUT2D eigenvalue weighted by atomic mass is 16.6. The molecule has 0 saturated carbocycles. The minimum atomic E-state index is -0.554. The Morgan fingerprint density at radius 1 is 1.27 bits per heavy atom. The fraction of sp³-hybridized carbons (Fsp3) is 0.200. The molecule has 0 aliphatic heterocycles. The van der Waals surface area contributed by atoms with Crippen molar-refractivity contribution < 1.29 is 14.5 Å². The average molecular weight is 301 g/mol. The molecule has 0 radical (unpaired) electrons. The van der Waals surface area contributed by atoms with Crippen LogP contribution in [-0.4, -0.2) is 22.4 Å². The number of nitrogens with zero attached hydrogens (tertiary/aromatic N) is 2. The summed E-state index contributed by atoms with van der Waals surface area (Å²) < 4.78 is 5.42. The van der Waals surface area contributed by atoms with E-state index in [1.165, 1.54) is 12.1 Å². The number of nitro groups is 1. The maximum Gasteiger partial charge on any atom is 0.287 e. The van der Waals surface area contributed by atoms with Crippen LogP contribution in [0.1, 0.15) is 11.1 Å². The average Bonchev–Trinajstić information content (AvgIpc) is 2.45. The normalized spacial score (nSPS) is 10.1. The molecule has 1 aromatic carbocycles. The van der Waals surface area contributed by atoms with Gasteiger partial charge in [-0.15, -0.1) is 0 Å². The number of pyridine rings is 1. The predicted octanol–water partition coefficient (Wildman–Crippen LogP) is 2.62. The van der Waals surface area contributed by atoms with E-state index in [0.29, 0.717) is 5.75 Å². The fourth-order valence-corrected chi connectivity index (χ4v) is 1.91. The number of rotatable bonds is 5. The summed E-state index contributed by atoms with van der Waals surface area (Å²) in [4.78, 5) is 25.5. The van der Waals surface area contributed by atoms with Crippen LogP contribution < -0.4 is 10.1 Å². The maximum absolute atomic E-state index is 11.8. The van der Waals surface area contributed by atoms with Crippen LogP contribution in [0.15, 0.2) is 36.5 Å². The van der Waals surface area contributed by atoms with Crippen molar-refractivity contribution >= 4 is 17.4 Å². The summed E-state index contributed by atoms with van der Waals surface area (Å²) in [7, 11) is 0. The molecule has 2 rings (SSSR count). The Bertz CT molecular complexity index is 678. The van der Waals surface area contributed by atoms with Crippen molar-refractivity contribution in [2.45, 2.75) is 13.8 Å². The summed E-state index contributed by atoms with van der Waals surface area (Å²) in [5, 5.41) is 13.0. The molecule has 0 aliphatic rings. The Labute approximate surface area is 127 Å². The molecule has 1 aromatic heterocycles. The summed E-state index contributed by atoms with van der Waals surface area (Å²) >= 11 is 0. The number of nitrogens with one attached hydrogen (secondary N) is 1. The van der Waals surface area contributed by atoms with Crippen molar-refractivity contribution in [1.29, 1.82) is 0 Å². The van der Waals surface area contributed by atoms with Crippen LogP contribution in [0.5, 0.6) is 5.75 Å². The SMILES string of the molecule is Cc1cc(C)cc(OCC(=O)Nc2ccc([N+](=O)[O-])cn2)c1. The summed E-state index contributed by atoms with van der Waals surface area (Å²) in [5.74, 6) is 0.462. The van der Waals surface area contributed by atoms with Crippen molar-refractivity contribution in [3.05, 3.63) is 57.8 Å². The molecule has 1 amide bonds. The van der Waals surface area contributed by atoms with E-state index in [1.54, 1.807) is 0 Å². The number of hydrogen-bond acceptors (Lipinski definition) is 5. The van der Waals surface area contributed by atoms with Crippen molar-refractivity contribution in [2.24, 2.45) is 0 Å². The lowest BCUT2D eigenvalue weighted by Gasteiger charge is -2.08. The van der Waals surface area contributed by atoms with Crippen LogP contribution in [-0.2, 0) is 4.79 Å². The monoisotopic (exact) mass is 301 g/mol. The predicted molar refractivity (Wildman–Crippen MR) is 80.9 cm³/mol. The molecule has 0 spiro atoms.